The van der Waals surface area contributed by atoms with Crippen LogP contribution in [0.25, 0.3) is 5.69 Å². The van der Waals surface area contributed by atoms with Gasteiger partial charge in [-0.1, -0.05) is 28.9 Å². The number of carbonyl (C=O) groups is 1. The molecular weight excluding hydrogens is 384 g/mol. The van der Waals surface area contributed by atoms with Crippen LogP contribution in [0.15, 0.2) is 36.4 Å². The first-order valence-corrected chi connectivity index (χ1v) is 7.90. The highest BCUT2D eigenvalue weighted by Gasteiger charge is 2.22. The van der Waals surface area contributed by atoms with E-state index < -0.39 is 12.4 Å². The maximum Gasteiger partial charge on any atom is 0.360 e. The summed E-state index contributed by atoms with van der Waals surface area (Å²) in [6.45, 7) is -0.148. The molecule has 0 aliphatic rings. The topological polar surface area (TPSA) is 92.0 Å². The Kier molecular flexibility index (Phi) is 5.55. The largest absolute Gasteiger partial charge is 0.470 e. The number of ether oxygens (including phenoxy) is 2. The van der Waals surface area contributed by atoms with Crippen molar-refractivity contribution in [1.82, 2.24) is 25.2 Å². The Morgan fingerprint density at radius 3 is 2.48 bits per heavy atom. The van der Waals surface area contributed by atoms with Crippen molar-refractivity contribution in [3.05, 3.63) is 58.5 Å². The van der Waals surface area contributed by atoms with E-state index in [1.807, 2.05) is 0 Å². The molecule has 0 fully saturated rings. The molecule has 0 amide bonds. The van der Waals surface area contributed by atoms with Crippen molar-refractivity contribution in [1.29, 1.82) is 0 Å². The molecule has 27 heavy (non-hydrogen) atoms. The van der Waals surface area contributed by atoms with Gasteiger partial charge in [-0.25, -0.2) is 18.3 Å². The zero-order valence-corrected chi connectivity index (χ0v) is 14.6. The number of alkyl halides is 2. The van der Waals surface area contributed by atoms with Gasteiger partial charge in [-0.15, -0.1) is 15.3 Å². The molecule has 0 unspecified atom stereocenters. The number of halogens is 3. The highest BCUT2D eigenvalue weighted by Crippen LogP contribution is 2.22. The lowest BCUT2D eigenvalue weighted by Crippen LogP contribution is -2.12. The lowest BCUT2D eigenvalue weighted by atomic mass is 10.2. The smallest absolute Gasteiger partial charge is 0.360 e. The van der Waals surface area contributed by atoms with E-state index in [1.54, 1.807) is 0 Å². The van der Waals surface area contributed by atoms with E-state index >= 15 is 0 Å². The third-order valence-corrected chi connectivity index (χ3v) is 3.70. The van der Waals surface area contributed by atoms with Crippen molar-refractivity contribution in [2.45, 2.75) is 13.0 Å². The molecule has 1 aromatic carbocycles. The minimum atomic E-state index is -2.59. The van der Waals surface area contributed by atoms with Crippen LogP contribution in [0, 0.1) is 0 Å². The van der Waals surface area contributed by atoms with Gasteiger partial charge in [0.1, 0.15) is 12.3 Å². The number of aromatic nitrogens is 5. The van der Waals surface area contributed by atoms with Crippen molar-refractivity contribution in [3.8, 4) is 11.6 Å². The summed E-state index contributed by atoms with van der Waals surface area (Å²) in [5.41, 5.74) is 0.463. The molecule has 0 saturated carbocycles. The quantitative estimate of drug-likeness (QED) is 0.592. The highest BCUT2D eigenvalue weighted by molar-refractivity contribution is 6.29. The van der Waals surface area contributed by atoms with Gasteiger partial charge < -0.3 is 9.47 Å². The summed E-state index contributed by atoms with van der Waals surface area (Å²) in [6, 6.07) is 8.37. The molecule has 140 valence electrons. The summed E-state index contributed by atoms with van der Waals surface area (Å²) >= 11 is 5.67. The standard InChI is InChI=1S/C16H12ClF2N5O3/c1-26-16(25)14-11(8-27-13-7-6-12(17)20-21-13)24(23-22-14)10-4-2-9(3-5-10)15(18)19/h2-7,15H,8H2,1H3. The first-order chi connectivity index (χ1) is 13.0. The van der Waals surface area contributed by atoms with Crippen LogP contribution in [-0.4, -0.2) is 38.3 Å². The molecule has 11 heteroatoms. The second kappa shape index (κ2) is 8.04. The Morgan fingerprint density at radius 2 is 1.89 bits per heavy atom. The minimum Gasteiger partial charge on any atom is -0.470 e. The third kappa shape index (κ3) is 4.17. The maximum atomic E-state index is 12.7. The Bertz CT molecular complexity index is 932. The maximum absolute atomic E-state index is 12.7. The Hall–Kier alpha value is -3.14. The van der Waals surface area contributed by atoms with Gasteiger partial charge in [-0.3, -0.25) is 0 Å². The number of carbonyl (C=O) groups excluding carboxylic acids is 1. The van der Waals surface area contributed by atoms with Gasteiger partial charge in [0.25, 0.3) is 6.43 Å². The number of esters is 1. The van der Waals surface area contributed by atoms with Crippen molar-refractivity contribution in [2.24, 2.45) is 0 Å². The molecule has 0 N–H and O–H groups in total. The first-order valence-electron chi connectivity index (χ1n) is 7.53. The molecule has 3 aromatic rings. The lowest BCUT2D eigenvalue weighted by molar-refractivity contribution is 0.0590. The van der Waals surface area contributed by atoms with Crippen molar-refractivity contribution in [2.75, 3.05) is 7.11 Å². The molecule has 0 bridgehead atoms. The zero-order valence-electron chi connectivity index (χ0n) is 13.8. The Balaban J connectivity index is 1.92. The fourth-order valence-corrected chi connectivity index (χ4v) is 2.28. The molecule has 0 spiro atoms. The fraction of sp³-hybridized carbons (Fsp3) is 0.188. The number of hydrogen-bond acceptors (Lipinski definition) is 7. The SMILES string of the molecule is COC(=O)c1nnn(-c2ccc(C(F)F)cc2)c1COc1ccc(Cl)nn1. The monoisotopic (exact) mass is 395 g/mol. The van der Waals surface area contributed by atoms with E-state index in [0.29, 0.717) is 5.69 Å². The van der Waals surface area contributed by atoms with Crippen LogP contribution in [0.1, 0.15) is 28.2 Å². The Morgan fingerprint density at radius 1 is 1.15 bits per heavy atom. The van der Waals surface area contributed by atoms with Crippen molar-refractivity contribution >= 4 is 17.6 Å². The second-order valence-electron chi connectivity index (χ2n) is 5.16. The van der Waals surface area contributed by atoms with Crippen molar-refractivity contribution < 1.29 is 23.0 Å². The highest BCUT2D eigenvalue weighted by atomic mass is 35.5. The molecule has 0 atom stereocenters. The van der Waals surface area contributed by atoms with Gasteiger partial charge >= 0.3 is 5.97 Å². The molecular formula is C16H12ClF2N5O3. The average molecular weight is 396 g/mol. The predicted octanol–water partition coefficient (Wildman–Crippen LogP) is 3.01. The molecule has 0 radical (unpaired) electrons. The second-order valence-corrected chi connectivity index (χ2v) is 5.55. The molecule has 0 aliphatic heterocycles. The van der Waals surface area contributed by atoms with Gasteiger partial charge in [0.2, 0.25) is 5.88 Å². The predicted molar refractivity (Wildman–Crippen MR) is 89.0 cm³/mol. The van der Waals surface area contributed by atoms with Gasteiger partial charge in [0, 0.05) is 11.6 Å². The fourth-order valence-electron chi connectivity index (χ4n) is 2.18. The van der Waals surface area contributed by atoms with Crippen LogP contribution in [0.5, 0.6) is 5.88 Å². The number of nitrogens with zero attached hydrogens (tertiary/aromatic N) is 5. The van der Waals surface area contributed by atoms with Crippen LogP contribution >= 0.6 is 11.6 Å². The first kappa shape index (κ1) is 18.6. The summed E-state index contributed by atoms with van der Waals surface area (Å²) in [7, 11) is 1.20. The summed E-state index contributed by atoms with van der Waals surface area (Å²) in [5.74, 6) is -0.553. The molecule has 0 saturated heterocycles. The molecule has 3 rings (SSSR count). The number of methoxy groups -OCH3 is 1. The van der Waals surface area contributed by atoms with E-state index in [1.165, 1.54) is 48.2 Å². The van der Waals surface area contributed by atoms with Gasteiger partial charge in [-0.2, -0.15) is 0 Å². The van der Waals surface area contributed by atoms with E-state index in [2.05, 4.69) is 25.2 Å². The van der Waals surface area contributed by atoms with Crippen LogP contribution in [-0.2, 0) is 11.3 Å². The van der Waals surface area contributed by atoms with E-state index in [4.69, 9.17) is 16.3 Å². The normalized spacial score (nSPS) is 10.9. The lowest BCUT2D eigenvalue weighted by Gasteiger charge is -2.09. The summed E-state index contributed by atoms with van der Waals surface area (Å²) in [6.07, 6.45) is -2.59. The average Bonchev–Trinajstić information content (AvgIpc) is 3.11. The summed E-state index contributed by atoms with van der Waals surface area (Å²) < 4.78 is 37.0. The third-order valence-electron chi connectivity index (χ3n) is 3.50. The van der Waals surface area contributed by atoms with E-state index in [9.17, 15) is 13.6 Å². The Labute approximate surface area is 156 Å². The van der Waals surface area contributed by atoms with Crippen LogP contribution in [0.3, 0.4) is 0 Å². The van der Waals surface area contributed by atoms with Gasteiger partial charge in [0.05, 0.1) is 12.8 Å². The van der Waals surface area contributed by atoms with Crippen LogP contribution in [0.4, 0.5) is 8.78 Å². The minimum absolute atomic E-state index is 0.0719. The molecule has 8 nitrogen and oxygen atoms in total. The van der Waals surface area contributed by atoms with Gasteiger partial charge in [0.15, 0.2) is 10.8 Å². The number of benzene rings is 1. The van der Waals surface area contributed by atoms with Gasteiger partial charge in [-0.05, 0) is 18.2 Å². The zero-order chi connectivity index (χ0) is 19.4. The number of hydrogen-bond donors (Lipinski definition) is 0. The number of rotatable bonds is 6. The molecule has 0 aliphatic carbocycles. The van der Waals surface area contributed by atoms with Crippen LogP contribution in [0.2, 0.25) is 5.15 Å². The van der Waals surface area contributed by atoms with Crippen molar-refractivity contribution in [3.63, 3.8) is 0 Å². The summed E-state index contributed by atoms with van der Waals surface area (Å²) in [4.78, 5) is 11.9. The van der Waals surface area contributed by atoms with E-state index in [0.717, 1.165) is 0 Å². The molecule has 2 aromatic heterocycles. The molecule has 2 heterocycles. The summed E-state index contributed by atoms with van der Waals surface area (Å²) in [5, 5.41) is 15.3. The van der Waals surface area contributed by atoms with E-state index in [-0.39, 0.29) is 34.6 Å². The van der Waals surface area contributed by atoms with Crippen LogP contribution < -0.4 is 4.74 Å².